The maximum absolute atomic E-state index is 12.8. The van der Waals surface area contributed by atoms with Crippen LogP contribution in [-0.2, 0) is 0 Å². The highest BCUT2D eigenvalue weighted by Gasteiger charge is 2.20. The molecule has 146 valence electrons. The lowest BCUT2D eigenvalue weighted by Gasteiger charge is -2.10. The van der Waals surface area contributed by atoms with Crippen molar-refractivity contribution in [1.82, 2.24) is 15.1 Å². The van der Waals surface area contributed by atoms with E-state index in [1.165, 1.54) is 0 Å². The van der Waals surface area contributed by atoms with E-state index in [2.05, 4.69) is 24.3 Å². The molecule has 0 aliphatic carbocycles. The summed E-state index contributed by atoms with van der Waals surface area (Å²) in [4.78, 5) is 12.8. The summed E-state index contributed by atoms with van der Waals surface area (Å²) in [5, 5.41) is 7.67. The van der Waals surface area contributed by atoms with Crippen LogP contribution in [0.15, 0.2) is 54.7 Å². The topological polar surface area (TPSA) is 65.4 Å². The highest BCUT2D eigenvalue weighted by molar-refractivity contribution is 6.00. The number of hydrogen-bond acceptors (Lipinski definition) is 4. The molecule has 3 aromatic rings. The van der Waals surface area contributed by atoms with E-state index in [-0.39, 0.29) is 5.91 Å². The second-order valence-electron chi connectivity index (χ2n) is 6.85. The van der Waals surface area contributed by atoms with Gasteiger partial charge in [-0.15, -0.1) is 0 Å². The lowest BCUT2D eigenvalue weighted by molar-refractivity contribution is 0.0949. The van der Waals surface area contributed by atoms with Crippen LogP contribution < -0.4 is 14.8 Å². The molecule has 0 atom stereocenters. The van der Waals surface area contributed by atoms with E-state index in [4.69, 9.17) is 9.47 Å². The van der Waals surface area contributed by atoms with Crippen molar-refractivity contribution in [2.75, 3.05) is 20.8 Å². The summed E-state index contributed by atoms with van der Waals surface area (Å²) in [6.07, 6.45) is 1.76. The molecule has 0 aliphatic rings. The predicted molar refractivity (Wildman–Crippen MR) is 109 cm³/mol. The number of carbonyl (C=O) groups is 1. The largest absolute Gasteiger partial charge is 0.493 e. The van der Waals surface area contributed by atoms with E-state index < -0.39 is 0 Å². The van der Waals surface area contributed by atoms with Gasteiger partial charge in [0.25, 0.3) is 5.91 Å². The predicted octanol–water partition coefficient (Wildman–Crippen LogP) is 3.94. The van der Waals surface area contributed by atoms with Gasteiger partial charge in [-0.3, -0.25) is 4.79 Å². The minimum Gasteiger partial charge on any atom is -0.493 e. The fourth-order valence-corrected chi connectivity index (χ4v) is 2.84. The summed E-state index contributed by atoms with van der Waals surface area (Å²) in [6.45, 7) is 4.71. The van der Waals surface area contributed by atoms with Crippen molar-refractivity contribution in [2.45, 2.75) is 13.8 Å². The van der Waals surface area contributed by atoms with Gasteiger partial charge in [0.1, 0.15) is 5.69 Å². The molecule has 1 amide bonds. The third kappa shape index (κ3) is 4.17. The van der Waals surface area contributed by atoms with E-state index in [9.17, 15) is 4.79 Å². The third-order valence-electron chi connectivity index (χ3n) is 4.31. The lowest BCUT2D eigenvalue weighted by atomic mass is 10.1. The normalized spacial score (nSPS) is 10.8. The first kappa shape index (κ1) is 19.5. The number of nitrogens with one attached hydrogen (secondary N) is 1. The van der Waals surface area contributed by atoms with Crippen molar-refractivity contribution in [3.05, 3.63) is 60.3 Å². The molecular weight excluding hydrogens is 354 g/mol. The van der Waals surface area contributed by atoms with Crippen LogP contribution in [0.4, 0.5) is 0 Å². The highest BCUT2D eigenvalue weighted by Crippen LogP contribution is 2.33. The van der Waals surface area contributed by atoms with Gasteiger partial charge in [-0.05, 0) is 36.2 Å². The first-order chi connectivity index (χ1) is 13.5. The van der Waals surface area contributed by atoms with Crippen molar-refractivity contribution in [2.24, 2.45) is 5.92 Å². The van der Waals surface area contributed by atoms with Crippen LogP contribution in [0.3, 0.4) is 0 Å². The van der Waals surface area contributed by atoms with E-state index in [0.29, 0.717) is 35.2 Å². The number of methoxy groups -OCH3 is 2. The number of benzene rings is 2. The molecule has 1 N–H and O–H groups in total. The van der Waals surface area contributed by atoms with Gasteiger partial charge in [0, 0.05) is 18.3 Å². The maximum Gasteiger partial charge on any atom is 0.255 e. The van der Waals surface area contributed by atoms with Crippen LogP contribution in [0, 0.1) is 5.92 Å². The quantitative estimate of drug-likeness (QED) is 0.675. The minimum absolute atomic E-state index is 0.152. The van der Waals surface area contributed by atoms with Crippen LogP contribution >= 0.6 is 0 Å². The van der Waals surface area contributed by atoms with Crippen molar-refractivity contribution < 1.29 is 14.3 Å². The molecule has 28 heavy (non-hydrogen) atoms. The Bertz CT molecular complexity index is 949. The molecule has 0 saturated carbocycles. The molecule has 3 rings (SSSR count). The van der Waals surface area contributed by atoms with Crippen LogP contribution in [0.1, 0.15) is 24.2 Å². The second kappa shape index (κ2) is 8.61. The van der Waals surface area contributed by atoms with Crippen LogP contribution in [-0.4, -0.2) is 36.5 Å². The average Bonchev–Trinajstić information content (AvgIpc) is 3.17. The Morgan fingerprint density at radius 1 is 1.07 bits per heavy atom. The van der Waals surface area contributed by atoms with E-state index in [1.807, 2.05) is 48.5 Å². The Morgan fingerprint density at radius 3 is 2.43 bits per heavy atom. The molecule has 0 radical (unpaired) electrons. The smallest absolute Gasteiger partial charge is 0.255 e. The molecule has 0 unspecified atom stereocenters. The standard InChI is InChI=1S/C22H25N3O3/c1-15(2)13-23-22(26)18-14-25(17-8-6-5-7-9-17)24-21(18)16-10-11-19(27-3)20(12-16)28-4/h5-12,14-15H,13H2,1-4H3,(H,23,26). The molecule has 0 fully saturated rings. The van der Waals surface area contributed by atoms with Crippen molar-refractivity contribution in [1.29, 1.82) is 0 Å². The van der Waals surface area contributed by atoms with Gasteiger partial charge in [0.2, 0.25) is 0 Å². The minimum atomic E-state index is -0.152. The van der Waals surface area contributed by atoms with Gasteiger partial charge in [0.15, 0.2) is 11.5 Å². The average molecular weight is 379 g/mol. The molecule has 1 aromatic heterocycles. The van der Waals surface area contributed by atoms with Gasteiger partial charge in [-0.2, -0.15) is 5.10 Å². The first-order valence-corrected chi connectivity index (χ1v) is 9.19. The number of amides is 1. The number of carbonyl (C=O) groups excluding carboxylic acids is 1. The van der Waals surface area contributed by atoms with Gasteiger partial charge >= 0.3 is 0 Å². The van der Waals surface area contributed by atoms with Gasteiger partial charge < -0.3 is 14.8 Å². The number of nitrogens with zero attached hydrogens (tertiary/aromatic N) is 2. The number of ether oxygens (including phenoxy) is 2. The molecule has 2 aromatic carbocycles. The summed E-state index contributed by atoms with van der Waals surface area (Å²) >= 11 is 0. The number of para-hydroxylation sites is 1. The van der Waals surface area contributed by atoms with Crippen LogP contribution in [0.2, 0.25) is 0 Å². The molecule has 1 heterocycles. The third-order valence-corrected chi connectivity index (χ3v) is 4.31. The molecule has 0 aliphatic heterocycles. The van der Waals surface area contributed by atoms with Crippen LogP contribution in [0.5, 0.6) is 11.5 Å². The van der Waals surface area contributed by atoms with Crippen molar-refractivity contribution in [3.63, 3.8) is 0 Å². The fourth-order valence-electron chi connectivity index (χ4n) is 2.84. The van der Waals surface area contributed by atoms with E-state index in [0.717, 1.165) is 11.3 Å². The molecule has 0 bridgehead atoms. The van der Waals surface area contributed by atoms with E-state index >= 15 is 0 Å². The maximum atomic E-state index is 12.8. The van der Waals surface area contributed by atoms with Crippen molar-refractivity contribution in [3.8, 4) is 28.4 Å². The van der Waals surface area contributed by atoms with E-state index in [1.54, 1.807) is 25.1 Å². The summed E-state index contributed by atoms with van der Waals surface area (Å²) < 4.78 is 12.4. The zero-order chi connectivity index (χ0) is 20.1. The Hall–Kier alpha value is -3.28. The first-order valence-electron chi connectivity index (χ1n) is 9.19. The summed E-state index contributed by atoms with van der Waals surface area (Å²) in [7, 11) is 3.17. The molecule has 6 nitrogen and oxygen atoms in total. The van der Waals surface area contributed by atoms with Crippen molar-refractivity contribution >= 4 is 5.91 Å². The molecule has 0 spiro atoms. The summed E-state index contributed by atoms with van der Waals surface area (Å²) in [5.41, 5.74) is 2.76. The molecule has 6 heteroatoms. The zero-order valence-corrected chi connectivity index (χ0v) is 16.6. The Labute approximate surface area is 165 Å². The SMILES string of the molecule is COc1ccc(-c2nn(-c3ccccc3)cc2C(=O)NCC(C)C)cc1OC. The Morgan fingerprint density at radius 2 is 1.79 bits per heavy atom. The molecular formula is C22H25N3O3. The summed E-state index contributed by atoms with van der Waals surface area (Å²) in [6, 6.07) is 15.2. The Kier molecular flexibility index (Phi) is 5.99. The monoisotopic (exact) mass is 379 g/mol. The highest BCUT2D eigenvalue weighted by atomic mass is 16.5. The van der Waals surface area contributed by atoms with Gasteiger partial charge in [-0.1, -0.05) is 32.0 Å². The summed E-state index contributed by atoms with van der Waals surface area (Å²) in [5.74, 6) is 1.42. The van der Waals surface area contributed by atoms with Gasteiger partial charge in [-0.25, -0.2) is 4.68 Å². The zero-order valence-electron chi connectivity index (χ0n) is 16.6. The second-order valence-corrected chi connectivity index (χ2v) is 6.85. The lowest BCUT2D eigenvalue weighted by Crippen LogP contribution is -2.27. The fraction of sp³-hybridized carbons (Fsp3) is 0.273. The Balaban J connectivity index is 2.07. The van der Waals surface area contributed by atoms with Crippen LogP contribution in [0.25, 0.3) is 16.9 Å². The number of hydrogen-bond donors (Lipinski definition) is 1. The molecule has 0 saturated heterocycles. The number of aromatic nitrogens is 2. The van der Waals surface area contributed by atoms with Gasteiger partial charge in [0.05, 0.1) is 25.5 Å². The number of rotatable bonds is 7.